The number of fused-ring (bicyclic) bond motifs is 1. The lowest BCUT2D eigenvalue weighted by Crippen LogP contribution is -2.40. The van der Waals surface area contributed by atoms with Gasteiger partial charge in [-0.15, -0.1) is 0 Å². The SMILES string of the molecule is C=C1CN(c2cccc(-c3ccc4cnc(CC(=O)O)cc4c3)n2)C[C@H](C)O1. The standard InChI is InChI=1S/C22H21N3O3/c1-14-12-25(13-15(2)28-14)21-5-3-4-20(24-21)16-6-7-17-11-23-19(10-22(26)27)9-18(17)8-16/h3-9,11,15H,1,10,12-13H2,2H3,(H,26,27)/t15-/m0/s1. The van der Waals surface area contributed by atoms with Gasteiger partial charge in [0.2, 0.25) is 0 Å². The number of rotatable bonds is 4. The number of pyridine rings is 2. The Morgan fingerprint density at radius 2 is 2.14 bits per heavy atom. The molecule has 0 aliphatic carbocycles. The summed E-state index contributed by atoms with van der Waals surface area (Å²) in [6, 6.07) is 13.8. The number of ether oxygens (including phenoxy) is 1. The van der Waals surface area contributed by atoms with Crippen molar-refractivity contribution in [3.05, 3.63) is 66.7 Å². The lowest BCUT2D eigenvalue weighted by molar-refractivity contribution is -0.136. The van der Waals surface area contributed by atoms with Crippen molar-refractivity contribution in [2.75, 3.05) is 18.0 Å². The van der Waals surface area contributed by atoms with E-state index < -0.39 is 5.97 Å². The zero-order valence-corrected chi connectivity index (χ0v) is 15.6. The van der Waals surface area contributed by atoms with Gasteiger partial charge in [0.1, 0.15) is 17.7 Å². The second kappa shape index (κ2) is 7.31. The number of aromatic nitrogens is 2. The lowest BCUT2D eigenvalue weighted by Gasteiger charge is -2.33. The highest BCUT2D eigenvalue weighted by molar-refractivity contribution is 5.87. The van der Waals surface area contributed by atoms with Crippen molar-refractivity contribution in [3.63, 3.8) is 0 Å². The average Bonchev–Trinajstić information content (AvgIpc) is 2.66. The van der Waals surface area contributed by atoms with Gasteiger partial charge in [-0.25, -0.2) is 4.98 Å². The molecule has 0 bridgehead atoms. The van der Waals surface area contributed by atoms with Crippen LogP contribution in [0, 0.1) is 0 Å². The van der Waals surface area contributed by atoms with Crippen LogP contribution in [0.2, 0.25) is 0 Å². The molecule has 1 aliphatic heterocycles. The van der Waals surface area contributed by atoms with Crippen LogP contribution in [0.5, 0.6) is 0 Å². The minimum absolute atomic E-state index is 0.0764. The van der Waals surface area contributed by atoms with E-state index in [2.05, 4.69) is 16.5 Å². The van der Waals surface area contributed by atoms with Crippen LogP contribution in [-0.4, -0.2) is 40.2 Å². The van der Waals surface area contributed by atoms with E-state index in [1.165, 1.54) is 0 Å². The zero-order valence-electron chi connectivity index (χ0n) is 15.6. The molecule has 1 saturated heterocycles. The van der Waals surface area contributed by atoms with Gasteiger partial charge >= 0.3 is 5.97 Å². The summed E-state index contributed by atoms with van der Waals surface area (Å²) in [6.07, 6.45) is 1.70. The van der Waals surface area contributed by atoms with Gasteiger partial charge in [0, 0.05) is 17.1 Å². The van der Waals surface area contributed by atoms with E-state index in [-0.39, 0.29) is 12.5 Å². The number of carbonyl (C=O) groups is 1. The number of carboxylic acid groups (broad SMARTS) is 1. The Kier molecular flexibility index (Phi) is 4.69. The number of morpholine rings is 1. The number of anilines is 1. The summed E-state index contributed by atoms with van der Waals surface area (Å²) in [5.74, 6) is 0.740. The summed E-state index contributed by atoms with van der Waals surface area (Å²) in [5.41, 5.74) is 2.38. The van der Waals surface area contributed by atoms with Crippen molar-refractivity contribution >= 4 is 22.6 Å². The van der Waals surface area contributed by atoms with Crippen molar-refractivity contribution in [2.45, 2.75) is 19.4 Å². The predicted octanol–water partition coefficient (Wildman–Crippen LogP) is 3.66. The Labute approximate surface area is 163 Å². The van der Waals surface area contributed by atoms with Crippen LogP contribution in [0.15, 0.2) is 61.0 Å². The van der Waals surface area contributed by atoms with E-state index in [0.29, 0.717) is 12.2 Å². The van der Waals surface area contributed by atoms with Crippen LogP contribution in [0.4, 0.5) is 5.82 Å². The van der Waals surface area contributed by atoms with Gasteiger partial charge in [0.15, 0.2) is 0 Å². The van der Waals surface area contributed by atoms with Gasteiger partial charge in [-0.1, -0.05) is 24.8 Å². The third-order valence-electron chi connectivity index (χ3n) is 4.68. The fourth-order valence-corrected chi connectivity index (χ4v) is 3.48. The van der Waals surface area contributed by atoms with E-state index in [9.17, 15) is 4.79 Å². The molecule has 0 unspecified atom stereocenters. The zero-order chi connectivity index (χ0) is 19.7. The smallest absolute Gasteiger partial charge is 0.309 e. The summed E-state index contributed by atoms with van der Waals surface area (Å²) in [4.78, 5) is 22.2. The molecule has 1 aromatic carbocycles. The number of nitrogens with zero attached hydrogens (tertiary/aromatic N) is 3. The summed E-state index contributed by atoms with van der Waals surface area (Å²) in [7, 11) is 0. The summed E-state index contributed by atoms with van der Waals surface area (Å²) in [6.45, 7) is 7.35. The maximum absolute atomic E-state index is 11.0. The Morgan fingerprint density at radius 1 is 1.29 bits per heavy atom. The monoisotopic (exact) mass is 375 g/mol. The maximum Gasteiger partial charge on any atom is 0.309 e. The molecule has 6 nitrogen and oxygen atoms in total. The number of hydrogen-bond acceptors (Lipinski definition) is 5. The minimum atomic E-state index is -0.890. The van der Waals surface area contributed by atoms with Crippen LogP contribution in [0.3, 0.4) is 0 Å². The van der Waals surface area contributed by atoms with Crippen LogP contribution < -0.4 is 4.90 Å². The Morgan fingerprint density at radius 3 is 2.93 bits per heavy atom. The third-order valence-corrected chi connectivity index (χ3v) is 4.68. The molecule has 3 heterocycles. The van der Waals surface area contributed by atoms with Gasteiger partial charge < -0.3 is 14.7 Å². The third kappa shape index (κ3) is 3.81. The average molecular weight is 375 g/mol. The number of carboxylic acids is 1. The van der Waals surface area contributed by atoms with E-state index >= 15 is 0 Å². The molecule has 1 aliphatic rings. The Hall–Kier alpha value is -3.41. The van der Waals surface area contributed by atoms with Crippen molar-refractivity contribution in [1.82, 2.24) is 9.97 Å². The molecular weight excluding hydrogens is 354 g/mol. The fourth-order valence-electron chi connectivity index (χ4n) is 3.48. The Balaban J connectivity index is 1.67. The summed E-state index contributed by atoms with van der Waals surface area (Å²) in [5, 5.41) is 10.9. The summed E-state index contributed by atoms with van der Waals surface area (Å²) >= 11 is 0. The highest BCUT2D eigenvalue weighted by Gasteiger charge is 2.21. The second-order valence-electron chi connectivity index (χ2n) is 7.04. The van der Waals surface area contributed by atoms with Crippen molar-refractivity contribution in [3.8, 4) is 11.3 Å². The first kappa shape index (κ1) is 18.0. The van der Waals surface area contributed by atoms with Crippen LogP contribution >= 0.6 is 0 Å². The number of aliphatic carboxylic acids is 1. The van der Waals surface area contributed by atoms with Crippen molar-refractivity contribution in [2.24, 2.45) is 0 Å². The molecule has 1 fully saturated rings. The molecule has 0 radical (unpaired) electrons. The second-order valence-corrected chi connectivity index (χ2v) is 7.04. The van der Waals surface area contributed by atoms with Gasteiger partial charge in [0.05, 0.1) is 30.9 Å². The first-order valence-electron chi connectivity index (χ1n) is 9.15. The molecule has 28 heavy (non-hydrogen) atoms. The van der Waals surface area contributed by atoms with Crippen LogP contribution in [0.25, 0.3) is 22.0 Å². The fraction of sp³-hybridized carbons (Fsp3) is 0.227. The molecule has 142 valence electrons. The molecule has 6 heteroatoms. The van der Waals surface area contributed by atoms with E-state index in [1.54, 1.807) is 6.20 Å². The maximum atomic E-state index is 11.0. The highest BCUT2D eigenvalue weighted by atomic mass is 16.5. The van der Waals surface area contributed by atoms with Crippen LogP contribution in [-0.2, 0) is 16.0 Å². The molecule has 1 atom stereocenters. The quantitative estimate of drug-likeness (QED) is 0.750. The highest BCUT2D eigenvalue weighted by Crippen LogP contribution is 2.26. The lowest BCUT2D eigenvalue weighted by atomic mass is 10.0. The van der Waals surface area contributed by atoms with Gasteiger partial charge in [0.25, 0.3) is 0 Å². The molecular formula is C22H21N3O3. The van der Waals surface area contributed by atoms with Crippen molar-refractivity contribution < 1.29 is 14.6 Å². The predicted molar refractivity (Wildman–Crippen MR) is 108 cm³/mol. The molecule has 0 amide bonds. The molecule has 0 spiro atoms. The first-order chi connectivity index (χ1) is 13.5. The minimum Gasteiger partial charge on any atom is -0.492 e. The number of benzene rings is 1. The van der Waals surface area contributed by atoms with Gasteiger partial charge in [-0.05, 0) is 36.6 Å². The number of hydrogen-bond donors (Lipinski definition) is 1. The normalized spacial score (nSPS) is 16.8. The molecule has 4 rings (SSSR count). The summed E-state index contributed by atoms with van der Waals surface area (Å²) < 4.78 is 5.63. The molecule has 0 saturated carbocycles. The van der Waals surface area contributed by atoms with Crippen LogP contribution in [0.1, 0.15) is 12.6 Å². The van der Waals surface area contributed by atoms with Crippen molar-refractivity contribution in [1.29, 1.82) is 0 Å². The van der Waals surface area contributed by atoms with Gasteiger partial charge in [-0.2, -0.15) is 0 Å². The van der Waals surface area contributed by atoms with Gasteiger partial charge in [-0.3, -0.25) is 9.78 Å². The van der Waals surface area contributed by atoms with E-state index in [0.717, 1.165) is 40.2 Å². The van der Waals surface area contributed by atoms with E-state index in [1.807, 2.05) is 49.4 Å². The Bertz CT molecular complexity index is 1060. The molecule has 2 aromatic heterocycles. The molecule has 1 N–H and O–H groups in total. The first-order valence-corrected chi connectivity index (χ1v) is 9.15. The van der Waals surface area contributed by atoms with E-state index in [4.69, 9.17) is 14.8 Å². The topological polar surface area (TPSA) is 75.6 Å². The molecule has 3 aromatic rings. The largest absolute Gasteiger partial charge is 0.492 e.